The molecule has 0 spiro atoms. The van der Waals surface area contributed by atoms with Crippen LogP contribution in [0.2, 0.25) is 5.02 Å². The van der Waals surface area contributed by atoms with Crippen molar-refractivity contribution in [1.82, 2.24) is 10.2 Å². The van der Waals surface area contributed by atoms with Crippen molar-refractivity contribution < 1.29 is 13.9 Å². The second-order valence-corrected chi connectivity index (χ2v) is 4.91. The zero-order valence-corrected chi connectivity index (χ0v) is 12.6. The lowest BCUT2D eigenvalue weighted by atomic mass is 10.2. The first-order chi connectivity index (χ1) is 9.08. The number of benzene rings is 1. The largest absolute Gasteiger partial charge is 0.484 e. The monoisotopic (exact) mass is 322 g/mol. The lowest BCUT2D eigenvalue weighted by molar-refractivity contribution is -0.136. The molecule has 1 N–H and O–H groups in total. The molecule has 0 bridgehead atoms. The molecule has 1 atom stereocenters. The summed E-state index contributed by atoms with van der Waals surface area (Å²) in [4.78, 5) is 13.8. The minimum Gasteiger partial charge on any atom is -0.484 e. The minimum atomic E-state index is -0.504. The summed E-state index contributed by atoms with van der Waals surface area (Å²) in [6.07, 6.45) is 0. The molecule has 0 radical (unpaired) electrons. The SMILES string of the molecule is C[C@@H]1CNCCN1C(=O)COc1ccc(F)c(Cl)c1.Cl. The van der Waals surface area contributed by atoms with Crippen molar-refractivity contribution in [3.8, 4) is 5.75 Å². The highest BCUT2D eigenvalue weighted by molar-refractivity contribution is 6.30. The Hall–Kier alpha value is -1.04. The molecular weight excluding hydrogens is 306 g/mol. The van der Waals surface area contributed by atoms with Crippen molar-refractivity contribution in [1.29, 1.82) is 0 Å². The van der Waals surface area contributed by atoms with Gasteiger partial charge in [0.25, 0.3) is 5.91 Å². The summed E-state index contributed by atoms with van der Waals surface area (Å²) in [5.41, 5.74) is 0. The van der Waals surface area contributed by atoms with E-state index in [0.717, 1.165) is 13.1 Å². The highest BCUT2D eigenvalue weighted by Gasteiger charge is 2.23. The molecule has 0 saturated carbocycles. The molecule has 1 aliphatic heterocycles. The highest BCUT2D eigenvalue weighted by atomic mass is 35.5. The predicted octanol–water partition coefficient (Wildman–Crippen LogP) is 2.10. The Morgan fingerprint density at radius 3 is 3.00 bits per heavy atom. The van der Waals surface area contributed by atoms with Crippen LogP contribution in [-0.2, 0) is 4.79 Å². The zero-order chi connectivity index (χ0) is 13.8. The number of nitrogens with one attached hydrogen (secondary N) is 1. The van der Waals surface area contributed by atoms with Gasteiger partial charge in [0.15, 0.2) is 6.61 Å². The number of halogens is 3. The van der Waals surface area contributed by atoms with Crippen LogP contribution in [-0.4, -0.2) is 43.1 Å². The number of carbonyl (C=O) groups excluding carboxylic acids is 1. The van der Waals surface area contributed by atoms with Crippen LogP contribution in [0.15, 0.2) is 18.2 Å². The molecule has 2 rings (SSSR count). The normalized spacial score (nSPS) is 18.4. The Balaban J connectivity index is 0.00000200. The van der Waals surface area contributed by atoms with Gasteiger partial charge < -0.3 is 15.0 Å². The average molecular weight is 323 g/mol. The molecule has 1 heterocycles. The topological polar surface area (TPSA) is 41.6 Å². The van der Waals surface area contributed by atoms with Crippen LogP contribution in [0.5, 0.6) is 5.75 Å². The lowest BCUT2D eigenvalue weighted by Gasteiger charge is -2.33. The maximum absolute atomic E-state index is 13.0. The quantitative estimate of drug-likeness (QED) is 0.926. The molecule has 7 heteroatoms. The Bertz CT molecular complexity index is 474. The van der Waals surface area contributed by atoms with Crippen LogP contribution in [0.4, 0.5) is 4.39 Å². The van der Waals surface area contributed by atoms with Crippen molar-refractivity contribution in [2.45, 2.75) is 13.0 Å². The molecular formula is C13H17Cl2FN2O2. The van der Waals surface area contributed by atoms with E-state index in [0.29, 0.717) is 12.3 Å². The summed E-state index contributed by atoms with van der Waals surface area (Å²) in [5.74, 6) is -0.187. The summed E-state index contributed by atoms with van der Waals surface area (Å²) in [7, 11) is 0. The molecule has 1 amide bonds. The van der Waals surface area contributed by atoms with E-state index in [1.54, 1.807) is 4.90 Å². The Morgan fingerprint density at radius 2 is 2.35 bits per heavy atom. The van der Waals surface area contributed by atoms with Crippen LogP contribution in [0.25, 0.3) is 0 Å². The van der Waals surface area contributed by atoms with Gasteiger partial charge in [0, 0.05) is 31.7 Å². The molecule has 0 aliphatic carbocycles. The number of hydrogen-bond acceptors (Lipinski definition) is 3. The third-order valence-corrected chi connectivity index (χ3v) is 3.36. The van der Waals surface area contributed by atoms with E-state index in [2.05, 4.69) is 5.32 Å². The standard InChI is InChI=1S/C13H16ClFN2O2.ClH/c1-9-7-16-4-5-17(9)13(18)8-19-10-2-3-12(15)11(14)6-10;/h2-3,6,9,16H,4-5,7-8H2,1H3;1H/t9-;/m1./s1. The fourth-order valence-corrected chi connectivity index (χ4v) is 2.18. The van der Waals surface area contributed by atoms with Gasteiger partial charge in [-0.25, -0.2) is 4.39 Å². The minimum absolute atomic E-state index is 0. The molecule has 1 saturated heterocycles. The predicted molar refractivity (Wildman–Crippen MR) is 78.2 cm³/mol. The Labute approximate surface area is 128 Å². The summed E-state index contributed by atoms with van der Waals surface area (Å²) >= 11 is 5.64. The number of carbonyl (C=O) groups is 1. The second kappa shape index (κ2) is 7.67. The number of ether oxygens (including phenoxy) is 1. The van der Waals surface area contributed by atoms with Crippen LogP contribution in [0.1, 0.15) is 6.92 Å². The molecule has 1 aliphatic rings. The summed E-state index contributed by atoms with van der Waals surface area (Å²) < 4.78 is 18.3. The van der Waals surface area contributed by atoms with Crippen LogP contribution in [0.3, 0.4) is 0 Å². The lowest BCUT2D eigenvalue weighted by Crippen LogP contribution is -2.53. The number of nitrogens with zero attached hydrogens (tertiary/aromatic N) is 1. The first kappa shape index (κ1) is 17.0. The van der Waals surface area contributed by atoms with E-state index in [1.165, 1.54) is 18.2 Å². The van der Waals surface area contributed by atoms with E-state index >= 15 is 0 Å². The van der Waals surface area contributed by atoms with E-state index < -0.39 is 5.82 Å². The highest BCUT2D eigenvalue weighted by Crippen LogP contribution is 2.21. The number of piperazine rings is 1. The first-order valence-corrected chi connectivity index (χ1v) is 6.54. The van der Waals surface area contributed by atoms with Crippen molar-refractivity contribution in [3.05, 3.63) is 29.0 Å². The summed E-state index contributed by atoms with van der Waals surface area (Å²) in [6.45, 7) is 4.17. The van der Waals surface area contributed by atoms with Gasteiger partial charge in [-0.05, 0) is 19.1 Å². The van der Waals surface area contributed by atoms with Gasteiger partial charge in [-0.15, -0.1) is 12.4 Å². The van der Waals surface area contributed by atoms with Gasteiger partial charge in [0.2, 0.25) is 0 Å². The van der Waals surface area contributed by atoms with Crippen molar-refractivity contribution >= 4 is 29.9 Å². The smallest absolute Gasteiger partial charge is 0.260 e. The number of rotatable bonds is 3. The molecule has 0 unspecified atom stereocenters. The van der Waals surface area contributed by atoms with Gasteiger partial charge in [0.1, 0.15) is 11.6 Å². The molecule has 1 aromatic carbocycles. The van der Waals surface area contributed by atoms with Crippen molar-refractivity contribution in [2.75, 3.05) is 26.2 Å². The van der Waals surface area contributed by atoms with Crippen LogP contribution < -0.4 is 10.1 Å². The molecule has 20 heavy (non-hydrogen) atoms. The van der Waals surface area contributed by atoms with Gasteiger partial charge in [-0.1, -0.05) is 11.6 Å². The van der Waals surface area contributed by atoms with E-state index in [1.807, 2.05) is 6.92 Å². The van der Waals surface area contributed by atoms with Crippen molar-refractivity contribution in [2.24, 2.45) is 0 Å². The van der Waals surface area contributed by atoms with Crippen molar-refractivity contribution in [3.63, 3.8) is 0 Å². The Kier molecular flexibility index (Phi) is 6.52. The molecule has 0 aromatic heterocycles. The van der Waals surface area contributed by atoms with Gasteiger partial charge in [0.05, 0.1) is 5.02 Å². The fourth-order valence-electron chi connectivity index (χ4n) is 2.01. The zero-order valence-electron chi connectivity index (χ0n) is 11.1. The molecule has 1 fully saturated rings. The van der Waals surface area contributed by atoms with E-state index in [-0.39, 0.29) is 36.0 Å². The maximum atomic E-state index is 13.0. The number of amides is 1. The van der Waals surface area contributed by atoms with Gasteiger partial charge >= 0.3 is 0 Å². The third kappa shape index (κ3) is 4.23. The fraction of sp³-hybridized carbons (Fsp3) is 0.462. The maximum Gasteiger partial charge on any atom is 0.260 e. The molecule has 112 valence electrons. The van der Waals surface area contributed by atoms with Crippen LogP contribution in [0, 0.1) is 5.82 Å². The van der Waals surface area contributed by atoms with Crippen LogP contribution >= 0.6 is 24.0 Å². The van der Waals surface area contributed by atoms with E-state index in [9.17, 15) is 9.18 Å². The van der Waals surface area contributed by atoms with Gasteiger partial charge in [-0.2, -0.15) is 0 Å². The molecule has 1 aromatic rings. The van der Waals surface area contributed by atoms with E-state index in [4.69, 9.17) is 16.3 Å². The Morgan fingerprint density at radius 1 is 1.60 bits per heavy atom. The average Bonchev–Trinajstić information content (AvgIpc) is 2.40. The first-order valence-electron chi connectivity index (χ1n) is 6.16. The van der Waals surface area contributed by atoms with Gasteiger partial charge in [-0.3, -0.25) is 4.79 Å². The summed E-state index contributed by atoms with van der Waals surface area (Å²) in [6, 6.07) is 4.19. The molecule has 4 nitrogen and oxygen atoms in total. The second-order valence-electron chi connectivity index (χ2n) is 4.50. The third-order valence-electron chi connectivity index (χ3n) is 3.08. The number of hydrogen-bond donors (Lipinski definition) is 1. The summed E-state index contributed by atoms with van der Waals surface area (Å²) in [5, 5.41) is 3.20.